The Hall–Kier alpha value is -4.01. The summed E-state index contributed by atoms with van der Waals surface area (Å²) in [7, 11) is 0. The van der Waals surface area contributed by atoms with Gasteiger partial charge in [0.2, 0.25) is 0 Å². The van der Waals surface area contributed by atoms with E-state index in [9.17, 15) is 23.2 Å². The Morgan fingerprint density at radius 2 is 1.72 bits per heavy atom. The molecule has 148 valence electrons. The van der Waals surface area contributed by atoms with Crippen LogP contribution in [0.5, 0.6) is 0 Å². The van der Waals surface area contributed by atoms with Crippen LogP contribution >= 0.6 is 0 Å². The first-order valence-electron chi connectivity index (χ1n) is 8.30. The van der Waals surface area contributed by atoms with Crippen molar-refractivity contribution in [3.63, 3.8) is 0 Å². The van der Waals surface area contributed by atoms with Gasteiger partial charge in [-0.2, -0.15) is 0 Å². The fourth-order valence-electron chi connectivity index (χ4n) is 2.35. The first-order chi connectivity index (χ1) is 13.9. The molecule has 2 amide bonds. The van der Waals surface area contributed by atoms with E-state index in [1.807, 2.05) is 0 Å². The molecule has 1 heterocycles. The second-order valence-electron chi connectivity index (χ2n) is 5.73. The molecule has 9 heteroatoms. The number of furan rings is 1. The second kappa shape index (κ2) is 8.79. The van der Waals surface area contributed by atoms with E-state index in [1.54, 1.807) is 12.1 Å². The van der Waals surface area contributed by atoms with Crippen LogP contribution in [-0.4, -0.2) is 24.4 Å². The number of benzene rings is 2. The minimum atomic E-state index is -0.962. The Balaban J connectivity index is 1.62. The van der Waals surface area contributed by atoms with Crippen LogP contribution in [0.25, 0.3) is 0 Å². The minimum absolute atomic E-state index is 0.00756. The molecule has 0 saturated carbocycles. The van der Waals surface area contributed by atoms with E-state index >= 15 is 0 Å². The van der Waals surface area contributed by atoms with E-state index in [0.717, 1.165) is 12.1 Å². The molecule has 0 atom stereocenters. The molecule has 0 radical (unpaired) electrons. The normalized spacial score (nSPS) is 10.3. The van der Waals surface area contributed by atoms with Crippen molar-refractivity contribution in [1.29, 1.82) is 0 Å². The van der Waals surface area contributed by atoms with Gasteiger partial charge in [0.05, 0.1) is 23.2 Å². The number of halogens is 2. The molecular weight excluding hydrogens is 386 g/mol. The van der Waals surface area contributed by atoms with Gasteiger partial charge in [0, 0.05) is 6.07 Å². The van der Waals surface area contributed by atoms with Crippen molar-refractivity contribution in [2.45, 2.75) is 0 Å². The van der Waals surface area contributed by atoms with Crippen molar-refractivity contribution < 1.29 is 32.3 Å². The molecule has 0 aliphatic heterocycles. The molecule has 3 aromatic rings. The lowest BCUT2D eigenvalue weighted by Gasteiger charge is -2.11. The zero-order valence-corrected chi connectivity index (χ0v) is 14.8. The van der Waals surface area contributed by atoms with Crippen molar-refractivity contribution in [1.82, 2.24) is 0 Å². The smallest absolute Gasteiger partial charge is 0.340 e. The monoisotopic (exact) mass is 400 g/mol. The first kappa shape index (κ1) is 19.7. The summed E-state index contributed by atoms with van der Waals surface area (Å²) in [6.45, 7) is -0.712. The number of carbonyl (C=O) groups excluding carboxylic acids is 3. The number of rotatable bonds is 6. The van der Waals surface area contributed by atoms with Crippen molar-refractivity contribution in [2.24, 2.45) is 0 Å². The number of hydrogen-bond acceptors (Lipinski definition) is 5. The molecule has 0 saturated heterocycles. The Morgan fingerprint density at radius 3 is 2.45 bits per heavy atom. The van der Waals surface area contributed by atoms with Crippen LogP contribution in [0, 0.1) is 11.6 Å². The summed E-state index contributed by atoms with van der Waals surface area (Å²) in [6, 6.07) is 11.6. The molecule has 29 heavy (non-hydrogen) atoms. The predicted molar refractivity (Wildman–Crippen MR) is 98.4 cm³/mol. The minimum Gasteiger partial charge on any atom is -0.459 e. The summed E-state index contributed by atoms with van der Waals surface area (Å²) in [4.78, 5) is 36.3. The van der Waals surface area contributed by atoms with Crippen LogP contribution in [0.1, 0.15) is 20.9 Å². The largest absolute Gasteiger partial charge is 0.459 e. The fraction of sp³-hybridized carbons (Fsp3) is 0.0500. The zero-order valence-electron chi connectivity index (χ0n) is 14.8. The van der Waals surface area contributed by atoms with Crippen LogP contribution in [0.2, 0.25) is 0 Å². The molecule has 0 aliphatic rings. The summed E-state index contributed by atoms with van der Waals surface area (Å²) in [5.74, 6) is -3.97. The van der Waals surface area contributed by atoms with Gasteiger partial charge >= 0.3 is 5.97 Å². The number of esters is 1. The van der Waals surface area contributed by atoms with Crippen LogP contribution in [0.4, 0.5) is 20.2 Å². The Bertz CT molecular complexity index is 1050. The van der Waals surface area contributed by atoms with Gasteiger partial charge < -0.3 is 19.8 Å². The van der Waals surface area contributed by atoms with Crippen molar-refractivity contribution in [2.75, 3.05) is 17.2 Å². The molecule has 2 N–H and O–H groups in total. The summed E-state index contributed by atoms with van der Waals surface area (Å²) in [5.41, 5.74) is -0.0874. The van der Waals surface area contributed by atoms with Crippen LogP contribution in [0.15, 0.2) is 65.3 Å². The number of carbonyl (C=O) groups is 3. The first-order valence-corrected chi connectivity index (χ1v) is 8.30. The lowest BCUT2D eigenvalue weighted by Crippen LogP contribution is -2.22. The van der Waals surface area contributed by atoms with E-state index in [2.05, 4.69) is 10.6 Å². The number of anilines is 2. The van der Waals surface area contributed by atoms with Gasteiger partial charge in [-0.15, -0.1) is 0 Å². The SMILES string of the molecule is O=C(COC(=O)c1ccccc1NC(=O)c1ccco1)Nc1ccc(F)cc1F. The topological polar surface area (TPSA) is 97.6 Å². The summed E-state index contributed by atoms with van der Waals surface area (Å²) in [6.07, 6.45) is 1.33. The summed E-state index contributed by atoms with van der Waals surface area (Å²) < 4.78 is 36.3. The lowest BCUT2D eigenvalue weighted by molar-refractivity contribution is -0.119. The van der Waals surface area contributed by atoms with E-state index in [-0.39, 0.29) is 22.7 Å². The molecule has 0 spiro atoms. The number of amides is 2. The predicted octanol–water partition coefficient (Wildman–Crippen LogP) is 3.61. The Labute approximate surface area is 163 Å². The van der Waals surface area contributed by atoms with Gasteiger partial charge in [-0.1, -0.05) is 12.1 Å². The van der Waals surface area contributed by atoms with Gasteiger partial charge in [0.25, 0.3) is 11.8 Å². The van der Waals surface area contributed by atoms with Gasteiger partial charge in [0.15, 0.2) is 12.4 Å². The average Bonchev–Trinajstić information content (AvgIpc) is 3.24. The third-order valence-corrected chi connectivity index (χ3v) is 3.68. The van der Waals surface area contributed by atoms with Crippen LogP contribution in [0.3, 0.4) is 0 Å². The maximum Gasteiger partial charge on any atom is 0.340 e. The third-order valence-electron chi connectivity index (χ3n) is 3.68. The van der Waals surface area contributed by atoms with Crippen LogP contribution < -0.4 is 10.6 Å². The molecule has 3 rings (SSSR count). The molecule has 0 fully saturated rings. The van der Waals surface area contributed by atoms with Crippen LogP contribution in [-0.2, 0) is 9.53 Å². The second-order valence-corrected chi connectivity index (χ2v) is 5.73. The summed E-state index contributed by atoms with van der Waals surface area (Å²) >= 11 is 0. The maximum absolute atomic E-state index is 13.6. The van der Waals surface area contributed by atoms with E-state index in [4.69, 9.17) is 9.15 Å². The maximum atomic E-state index is 13.6. The lowest BCUT2D eigenvalue weighted by atomic mass is 10.1. The van der Waals surface area contributed by atoms with Crippen molar-refractivity contribution in [3.05, 3.63) is 83.8 Å². The molecular formula is C20H14F2N2O5. The standard InChI is InChI=1S/C20H14F2N2O5/c21-12-7-8-16(14(22)10-12)23-18(25)11-29-20(27)13-4-1-2-5-15(13)24-19(26)17-6-3-9-28-17/h1-10H,11H2,(H,23,25)(H,24,26). The molecule has 0 bridgehead atoms. The number of nitrogens with one attached hydrogen (secondary N) is 2. The van der Waals surface area contributed by atoms with E-state index in [0.29, 0.717) is 6.07 Å². The highest BCUT2D eigenvalue weighted by atomic mass is 19.1. The van der Waals surface area contributed by atoms with Crippen molar-refractivity contribution >= 4 is 29.2 Å². The van der Waals surface area contributed by atoms with Gasteiger partial charge in [-0.3, -0.25) is 9.59 Å². The van der Waals surface area contributed by atoms with Gasteiger partial charge in [0.1, 0.15) is 11.6 Å². The molecule has 1 aromatic heterocycles. The fourth-order valence-corrected chi connectivity index (χ4v) is 2.35. The quantitative estimate of drug-likeness (QED) is 0.616. The average molecular weight is 400 g/mol. The number of hydrogen-bond donors (Lipinski definition) is 2. The highest BCUT2D eigenvalue weighted by Crippen LogP contribution is 2.18. The Kier molecular flexibility index (Phi) is 5.98. The highest BCUT2D eigenvalue weighted by Gasteiger charge is 2.18. The van der Waals surface area contributed by atoms with Crippen molar-refractivity contribution in [3.8, 4) is 0 Å². The zero-order chi connectivity index (χ0) is 20.8. The molecule has 7 nitrogen and oxygen atoms in total. The Morgan fingerprint density at radius 1 is 0.931 bits per heavy atom. The number of para-hydroxylation sites is 1. The summed E-state index contributed by atoms with van der Waals surface area (Å²) in [5, 5.41) is 4.68. The molecule has 2 aromatic carbocycles. The molecule has 0 aliphatic carbocycles. The highest BCUT2D eigenvalue weighted by molar-refractivity contribution is 6.07. The molecule has 0 unspecified atom stereocenters. The van der Waals surface area contributed by atoms with E-state index in [1.165, 1.54) is 30.5 Å². The van der Waals surface area contributed by atoms with E-state index < -0.39 is 36.0 Å². The third kappa shape index (κ3) is 5.04. The van der Waals surface area contributed by atoms with Gasteiger partial charge in [-0.25, -0.2) is 13.6 Å². The van der Waals surface area contributed by atoms with Gasteiger partial charge in [-0.05, 0) is 36.4 Å². The number of ether oxygens (including phenoxy) is 1.